The fourth-order valence-corrected chi connectivity index (χ4v) is 1.51. The molecule has 0 radical (unpaired) electrons. The Balaban J connectivity index is 2.69. The lowest BCUT2D eigenvalue weighted by atomic mass is 10.2. The average Bonchev–Trinajstić information content (AvgIpc) is 2.31. The highest BCUT2D eigenvalue weighted by molar-refractivity contribution is 9.10. The Bertz CT molecular complexity index is 350. The standard InChI is InChI=1S/C11H13BrO4/c1-14-11(15-2)7-16-10-4-3-9(12)5-8(10)6-13/h3-6,11H,7H2,1-2H3. The van der Waals surface area contributed by atoms with E-state index < -0.39 is 6.29 Å². The van der Waals surface area contributed by atoms with Crippen molar-refractivity contribution in [2.75, 3.05) is 20.8 Å². The molecule has 0 bridgehead atoms. The zero-order valence-corrected chi connectivity index (χ0v) is 10.7. The van der Waals surface area contributed by atoms with Crippen LogP contribution < -0.4 is 4.74 Å². The summed E-state index contributed by atoms with van der Waals surface area (Å²) in [5.74, 6) is 0.511. The van der Waals surface area contributed by atoms with Crippen LogP contribution in [0.1, 0.15) is 10.4 Å². The van der Waals surface area contributed by atoms with Gasteiger partial charge >= 0.3 is 0 Å². The summed E-state index contributed by atoms with van der Waals surface area (Å²) in [5, 5.41) is 0. The second-order valence-electron chi connectivity index (χ2n) is 3.01. The lowest BCUT2D eigenvalue weighted by Crippen LogP contribution is -2.22. The van der Waals surface area contributed by atoms with Crippen molar-refractivity contribution in [2.45, 2.75) is 6.29 Å². The number of benzene rings is 1. The SMILES string of the molecule is COC(COc1ccc(Br)cc1C=O)OC. The predicted octanol–water partition coefficient (Wildman–Crippen LogP) is 2.26. The third-order valence-corrected chi connectivity index (χ3v) is 2.49. The molecule has 88 valence electrons. The molecule has 0 N–H and O–H groups in total. The minimum Gasteiger partial charge on any atom is -0.488 e. The van der Waals surface area contributed by atoms with Crippen LogP contribution in [0.3, 0.4) is 0 Å². The number of carbonyl (C=O) groups is 1. The van der Waals surface area contributed by atoms with Gasteiger partial charge in [-0.1, -0.05) is 15.9 Å². The lowest BCUT2D eigenvalue weighted by Gasteiger charge is -2.15. The maximum atomic E-state index is 10.8. The highest BCUT2D eigenvalue weighted by Crippen LogP contribution is 2.21. The van der Waals surface area contributed by atoms with Crippen molar-refractivity contribution >= 4 is 22.2 Å². The maximum absolute atomic E-state index is 10.8. The van der Waals surface area contributed by atoms with Gasteiger partial charge in [-0.05, 0) is 18.2 Å². The number of rotatable bonds is 6. The highest BCUT2D eigenvalue weighted by Gasteiger charge is 2.08. The van der Waals surface area contributed by atoms with Crippen LogP contribution in [-0.2, 0) is 9.47 Å². The van der Waals surface area contributed by atoms with Crippen LogP contribution in [0.4, 0.5) is 0 Å². The molecule has 1 rings (SSSR count). The molecule has 1 aromatic rings. The molecule has 0 fully saturated rings. The van der Waals surface area contributed by atoms with E-state index in [1.165, 1.54) is 14.2 Å². The van der Waals surface area contributed by atoms with Gasteiger partial charge in [0.05, 0.1) is 5.56 Å². The van der Waals surface area contributed by atoms with Crippen LogP contribution in [0, 0.1) is 0 Å². The van der Waals surface area contributed by atoms with E-state index in [4.69, 9.17) is 14.2 Å². The number of methoxy groups -OCH3 is 2. The first-order valence-corrected chi connectivity index (χ1v) is 5.43. The van der Waals surface area contributed by atoms with Gasteiger partial charge in [-0.2, -0.15) is 0 Å². The zero-order chi connectivity index (χ0) is 12.0. The zero-order valence-electron chi connectivity index (χ0n) is 9.10. The molecule has 5 heteroatoms. The Morgan fingerprint density at radius 2 is 2.06 bits per heavy atom. The van der Waals surface area contributed by atoms with E-state index in [9.17, 15) is 4.79 Å². The normalized spacial score (nSPS) is 10.5. The summed E-state index contributed by atoms with van der Waals surface area (Å²) in [6.45, 7) is 0.232. The van der Waals surface area contributed by atoms with Crippen LogP contribution in [0.15, 0.2) is 22.7 Å². The van der Waals surface area contributed by atoms with E-state index in [-0.39, 0.29) is 6.61 Å². The summed E-state index contributed by atoms with van der Waals surface area (Å²) >= 11 is 3.28. The van der Waals surface area contributed by atoms with Crippen molar-refractivity contribution in [3.63, 3.8) is 0 Å². The summed E-state index contributed by atoms with van der Waals surface area (Å²) in [5.41, 5.74) is 0.486. The summed E-state index contributed by atoms with van der Waals surface area (Å²) in [7, 11) is 3.06. The topological polar surface area (TPSA) is 44.8 Å². The summed E-state index contributed by atoms with van der Waals surface area (Å²) in [4.78, 5) is 10.8. The molecule has 1 aromatic carbocycles. The van der Waals surface area contributed by atoms with Crippen molar-refractivity contribution in [2.24, 2.45) is 0 Å². The minimum atomic E-state index is -0.442. The third-order valence-electron chi connectivity index (χ3n) is 2.00. The van der Waals surface area contributed by atoms with Crippen molar-refractivity contribution in [1.82, 2.24) is 0 Å². The highest BCUT2D eigenvalue weighted by atomic mass is 79.9. The maximum Gasteiger partial charge on any atom is 0.191 e. The third kappa shape index (κ3) is 3.59. The second-order valence-corrected chi connectivity index (χ2v) is 3.93. The number of hydrogen-bond acceptors (Lipinski definition) is 4. The van der Waals surface area contributed by atoms with Crippen molar-refractivity contribution < 1.29 is 19.0 Å². The van der Waals surface area contributed by atoms with Crippen LogP contribution in [-0.4, -0.2) is 33.4 Å². The Labute approximate surface area is 103 Å². The molecular formula is C11H13BrO4. The Morgan fingerprint density at radius 3 is 2.62 bits per heavy atom. The molecule has 0 unspecified atom stereocenters. The number of carbonyl (C=O) groups excluding carboxylic acids is 1. The number of halogens is 1. The lowest BCUT2D eigenvalue weighted by molar-refractivity contribution is -0.122. The first-order valence-electron chi connectivity index (χ1n) is 4.64. The summed E-state index contributed by atoms with van der Waals surface area (Å²) in [6.07, 6.45) is 0.303. The van der Waals surface area contributed by atoms with Gasteiger partial charge < -0.3 is 14.2 Å². The van der Waals surface area contributed by atoms with Gasteiger partial charge in [0.15, 0.2) is 12.6 Å². The largest absolute Gasteiger partial charge is 0.488 e. The van der Waals surface area contributed by atoms with Crippen LogP contribution in [0.25, 0.3) is 0 Å². The monoisotopic (exact) mass is 288 g/mol. The molecule has 0 saturated heterocycles. The van der Waals surface area contributed by atoms with E-state index >= 15 is 0 Å². The average molecular weight is 289 g/mol. The molecule has 0 saturated carbocycles. The molecule has 0 spiro atoms. The summed E-state index contributed by atoms with van der Waals surface area (Å²) in [6, 6.07) is 5.21. The van der Waals surface area contributed by atoms with Crippen molar-refractivity contribution in [3.05, 3.63) is 28.2 Å². The van der Waals surface area contributed by atoms with E-state index in [0.29, 0.717) is 11.3 Å². The van der Waals surface area contributed by atoms with Crippen molar-refractivity contribution in [1.29, 1.82) is 0 Å². The first-order chi connectivity index (χ1) is 7.71. The molecule has 0 aliphatic carbocycles. The van der Waals surface area contributed by atoms with E-state index in [0.717, 1.165) is 10.8 Å². The Morgan fingerprint density at radius 1 is 1.38 bits per heavy atom. The Kier molecular flexibility index (Phi) is 5.45. The van der Waals surface area contributed by atoms with Gasteiger partial charge in [-0.3, -0.25) is 4.79 Å². The molecule has 4 nitrogen and oxygen atoms in total. The Hall–Kier alpha value is -0.910. The van der Waals surface area contributed by atoms with Crippen molar-refractivity contribution in [3.8, 4) is 5.75 Å². The quantitative estimate of drug-likeness (QED) is 0.595. The van der Waals surface area contributed by atoms with E-state index in [1.54, 1.807) is 18.2 Å². The second kappa shape index (κ2) is 6.62. The van der Waals surface area contributed by atoms with Gasteiger partial charge in [-0.15, -0.1) is 0 Å². The number of hydrogen-bond donors (Lipinski definition) is 0. The molecule has 0 amide bonds. The molecule has 0 aromatic heterocycles. The van der Waals surface area contributed by atoms with Crippen LogP contribution >= 0.6 is 15.9 Å². The molecule has 0 aliphatic rings. The van der Waals surface area contributed by atoms with Crippen LogP contribution in [0.2, 0.25) is 0 Å². The molecule has 0 atom stereocenters. The van der Waals surface area contributed by atoms with E-state index in [2.05, 4.69) is 15.9 Å². The molecule has 0 heterocycles. The number of ether oxygens (including phenoxy) is 3. The minimum absolute atomic E-state index is 0.232. The number of aldehydes is 1. The fraction of sp³-hybridized carbons (Fsp3) is 0.364. The smallest absolute Gasteiger partial charge is 0.191 e. The fourth-order valence-electron chi connectivity index (χ4n) is 1.13. The van der Waals surface area contributed by atoms with Gasteiger partial charge in [0.2, 0.25) is 0 Å². The predicted molar refractivity (Wildman–Crippen MR) is 62.8 cm³/mol. The van der Waals surface area contributed by atoms with Gasteiger partial charge in [0.25, 0.3) is 0 Å². The van der Waals surface area contributed by atoms with Gasteiger partial charge in [0, 0.05) is 18.7 Å². The first kappa shape index (κ1) is 13.2. The summed E-state index contributed by atoms with van der Waals surface area (Å²) < 4.78 is 16.2. The van der Waals surface area contributed by atoms with Crippen LogP contribution in [0.5, 0.6) is 5.75 Å². The molecule has 16 heavy (non-hydrogen) atoms. The van der Waals surface area contributed by atoms with Gasteiger partial charge in [0.1, 0.15) is 12.4 Å². The molecular weight excluding hydrogens is 276 g/mol. The van der Waals surface area contributed by atoms with E-state index in [1.807, 2.05) is 0 Å². The molecule has 0 aliphatic heterocycles. The van der Waals surface area contributed by atoms with Gasteiger partial charge in [-0.25, -0.2) is 0 Å².